The fraction of sp³-hybridized carbons (Fsp3) is 0.688. The van der Waals surface area contributed by atoms with Gasteiger partial charge in [-0.1, -0.05) is 59.5 Å². The molecule has 0 aliphatic carbocycles. The third-order valence-corrected chi connectivity index (χ3v) is 5.20. The van der Waals surface area contributed by atoms with Crippen molar-refractivity contribution >= 4 is 17.4 Å². The van der Waals surface area contributed by atoms with Crippen LogP contribution in [0.2, 0.25) is 0 Å². The van der Waals surface area contributed by atoms with Gasteiger partial charge >= 0.3 is 0 Å². The van der Waals surface area contributed by atoms with Crippen molar-refractivity contribution in [3.8, 4) is 0 Å². The first kappa shape index (κ1) is 15.4. The van der Waals surface area contributed by atoms with Crippen molar-refractivity contribution in [1.29, 1.82) is 0 Å². The maximum Gasteiger partial charge on any atom is 0.115 e. The normalized spacial score (nSPS) is 14.4. The molecule has 18 heavy (non-hydrogen) atoms. The van der Waals surface area contributed by atoms with Crippen molar-refractivity contribution in [1.82, 2.24) is 4.98 Å². The second-order valence-electron chi connectivity index (χ2n) is 5.35. The van der Waals surface area contributed by atoms with Gasteiger partial charge in [-0.3, -0.25) is 0 Å². The Hall–Kier alpha value is -0.630. The number of rotatable bonds is 9. The van der Waals surface area contributed by atoms with Crippen LogP contribution in [0.15, 0.2) is 12.8 Å². The third-order valence-electron chi connectivity index (χ3n) is 3.91. The fourth-order valence-corrected chi connectivity index (χ4v) is 3.27. The van der Waals surface area contributed by atoms with Gasteiger partial charge in [0.05, 0.1) is 0 Å². The molecule has 0 fully saturated rings. The molecular formula is C16H27NS. The van der Waals surface area contributed by atoms with Crippen LogP contribution in [0.3, 0.4) is 0 Å². The summed E-state index contributed by atoms with van der Waals surface area (Å²) in [6.45, 7) is 10.7. The van der Waals surface area contributed by atoms with Gasteiger partial charge in [-0.05, 0) is 18.9 Å². The summed E-state index contributed by atoms with van der Waals surface area (Å²) in [5.74, 6) is 0. The van der Waals surface area contributed by atoms with Gasteiger partial charge in [0.1, 0.15) is 5.01 Å². The van der Waals surface area contributed by atoms with Gasteiger partial charge in [0, 0.05) is 16.5 Å². The number of thiazole rings is 1. The fourth-order valence-electron chi connectivity index (χ4n) is 2.25. The average Bonchev–Trinajstić information content (AvgIpc) is 2.87. The van der Waals surface area contributed by atoms with Gasteiger partial charge in [0.25, 0.3) is 0 Å². The standard InChI is InChI=1S/C16H27NS/c1-5-8-9-10-11-12-16(4,7-3)14-13-17-15(6-2)18-14/h6,13H,2,5,7-12H2,1,3-4H3. The summed E-state index contributed by atoms with van der Waals surface area (Å²) in [5, 5.41) is 1.05. The van der Waals surface area contributed by atoms with E-state index in [4.69, 9.17) is 0 Å². The Bertz CT molecular complexity index is 356. The van der Waals surface area contributed by atoms with Gasteiger partial charge < -0.3 is 0 Å². The second-order valence-corrected chi connectivity index (χ2v) is 6.41. The van der Waals surface area contributed by atoms with E-state index in [1.54, 1.807) is 11.3 Å². The lowest BCUT2D eigenvalue weighted by molar-refractivity contribution is 0.401. The van der Waals surface area contributed by atoms with E-state index in [1.807, 2.05) is 6.08 Å². The van der Waals surface area contributed by atoms with Crippen molar-refractivity contribution in [2.24, 2.45) is 0 Å². The number of aromatic nitrogens is 1. The van der Waals surface area contributed by atoms with E-state index in [0.29, 0.717) is 5.41 Å². The molecule has 0 radical (unpaired) electrons. The lowest BCUT2D eigenvalue weighted by Gasteiger charge is -2.26. The highest BCUT2D eigenvalue weighted by Gasteiger charge is 2.26. The molecule has 1 atom stereocenters. The smallest absolute Gasteiger partial charge is 0.115 e. The van der Waals surface area contributed by atoms with Crippen LogP contribution in [0.25, 0.3) is 6.08 Å². The molecule has 1 nitrogen and oxygen atoms in total. The van der Waals surface area contributed by atoms with E-state index >= 15 is 0 Å². The van der Waals surface area contributed by atoms with Gasteiger partial charge in [0.2, 0.25) is 0 Å². The molecular weight excluding hydrogens is 238 g/mol. The minimum absolute atomic E-state index is 0.311. The summed E-state index contributed by atoms with van der Waals surface area (Å²) in [4.78, 5) is 5.83. The molecule has 0 saturated carbocycles. The van der Waals surface area contributed by atoms with Crippen molar-refractivity contribution < 1.29 is 0 Å². The summed E-state index contributed by atoms with van der Waals surface area (Å²) in [6.07, 6.45) is 13.2. The topological polar surface area (TPSA) is 12.9 Å². The van der Waals surface area contributed by atoms with E-state index in [-0.39, 0.29) is 0 Å². The zero-order valence-electron chi connectivity index (χ0n) is 12.2. The molecule has 0 N–H and O–H groups in total. The molecule has 0 saturated heterocycles. The Morgan fingerprint density at radius 3 is 2.56 bits per heavy atom. The van der Waals surface area contributed by atoms with Crippen LogP contribution in [0.5, 0.6) is 0 Å². The van der Waals surface area contributed by atoms with Crippen LogP contribution in [0.1, 0.15) is 75.6 Å². The molecule has 0 spiro atoms. The predicted molar refractivity (Wildman–Crippen MR) is 83.2 cm³/mol. The Balaban J connectivity index is 2.53. The summed E-state index contributed by atoms with van der Waals surface area (Å²) in [5.41, 5.74) is 0.311. The molecule has 0 amide bonds. The molecule has 0 bridgehead atoms. The van der Waals surface area contributed by atoms with Crippen LogP contribution >= 0.6 is 11.3 Å². The van der Waals surface area contributed by atoms with Crippen LogP contribution in [0, 0.1) is 0 Å². The molecule has 1 rings (SSSR count). The maximum atomic E-state index is 4.41. The largest absolute Gasteiger partial charge is 0.245 e. The van der Waals surface area contributed by atoms with Crippen molar-refractivity contribution in [3.63, 3.8) is 0 Å². The number of hydrogen-bond donors (Lipinski definition) is 0. The van der Waals surface area contributed by atoms with Gasteiger partial charge in [-0.2, -0.15) is 0 Å². The Morgan fingerprint density at radius 1 is 1.28 bits per heavy atom. The quantitative estimate of drug-likeness (QED) is 0.513. The van der Waals surface area contributed by atoms with Crippen LogP contribution in [0.4, 0.5) is 0 Å². The van der Waals surface area contributed by atoms with Crippen LogP contribution < -0.4 is 0 Å². The van der Waals surface area contributed by atoms with Gasteiger partial charge in [-0.15, -0.1) is 11.3 Å². The minimum atomic E-state index is 0.311. The van der Waals surface area contributed by atoms with E-state index in [1.165, 1.54) is 49.8 Å². The average molecular weight is 265 g/mol. The Labute approximate surface area is 116 Å². The zero-order chi connectivity index (χ0) is 13.4. The Morgan fingerprint density at radius 2 is 2.00 bits per heavy atom. The highest BCUT2D eigenvalue weighted by atomic mass is 32.1. The minimum Gasteiger partial charge on any atom is -0.245 e. The molecule has 1 aromatic heterocycles. The molecule has 1 aromatic rings. The first-order valence-corrected chi connectivity index (χ1v) is 8.06. The summed E-state index contributed by atoms with van der Waals surface area (Å²) < 4.78 is 0. The third kappa shape index (κ3) is 4.24. The van der Waals surface area contributed by atoms with Crippen molar-refractivity contribution in [2.45, 2.75) is 71.1 Å². The lowest BCUT2D eigenvalue weighted by atomic mass is 9.81. The molecule has 1 unspecified atom stereocenters. The summed E-state index contributed by atoms with van der Waals surface area (Å²) in [7, 11) is 0. The number of hydrogen-bond acceptors (Lipinski definition) is 2. The highest BCUT2D eigenvalue weighted by molar-refractivity contribution is 7.12. The lowest BCUT2D eigenvalue weighted by Crippen LogP contribution is -2.19. The molecule has 102 valence electrons. The van der Waals surface area contributed by atoms with Crippen molar-refractivity contribution in [3.05, 3.63) is 22.7 Å². The number of nitrogens with zero attached hydrogens (tertiary/aromatic N) is 1. The monoisotopic (exact) mass is 265 g/mol. The molecule has 0 aliphatic heterocycles. The van der Waals surface area contributed by atoms with Crippen LogP contribution in [-0.4, -0.2) is 4.98 Å². The van der Waals surface area contributed by atoms with Crippen LogP contribution in [-0.2, 0) is 5.41 Å². The number of unbranched alkanes of at least 4 members (excludes halogenated alkanes) is 4. The van der Waals surface area contributed by atoms with Gasteiger partial charge in [-0.25, -0.2) is 4.98 Å². The molecule has 2 heteroatoms. The summed E-state index contributed by atoms with van der Waals surface area (Å²) in [6, 6.07) is 0. The van der Waals surface area contributed by atoms with Crippen molar-refractivity contribution in [2.75, 3.05) is 0 Å². The first-order chi connectivity index (χ1) is 8.66. The molecule has 1 heterocycles. The SMILES string of the molecule is C=Cc1ncc(C(C)(CC)CCCCCCC)s1. The maximum absolute atomic E-state index is 4.41. The molecule has 0 aromatic carbocycles. The zero-order valence-corrected chi connectivity index (χ0v) is 13.0. The van der Waals surface area contributed by atoms with E-state index in [0.717, 1.165) is 5.01 Å². The second kappa shape index (κ2) is 7.73. The summed E-state index contributed by atoms with van der Waals surface area (Å²) >= 11 is 1.80. The van der Waals surface area contributed by atoms with Gasteiger partial charge in [0.15, 0.2) is 0 Å². The van der Waals surface area contributed by atoms with E-state index < -0.39 is 0 Å². The van der Waals surface area contributed by atoms with E-state index in [2.05, 4.69) is 38.5 Å². The predicted octanol–water partition coefficient (Wildman–Crippen LogP) is 5.81. The highest BCUT2D eigenvalue weighted by Crippen LogP contribution is 2.36. The Kier molecular flexibility index (Phi) is 6.62. The van der Waals surface area contributed by atoms with E-state index in [9.17, 15) is 0 Å². The first-order valence-electron chi connectivity index (χ1n) is 7.25. The molecule has 0 aliphatic rings.